The van der Waals surface area contributed by atoms with Crippen molar-refractivity contribution in [1.82, 2.24) is 9.38 Å². The van der Waals surface area contributed by atoms with Crippen molar-refractivity contribution in [3.05, 3.63) is 30.2 Å². The van der Waals surface area contributed by atoms with Crippen molar-refractivity contribution < 1.29 is 4.79 Å². The van der Waals surface area contributed by atoms with Gasteiger partial charge in [-0.05, 0) is 25.3 Å². The molecule has 1 atom stereocenters. The molecule has 0 bridgehead atoms. The average molecular weight is 271 g/mol. The largest absolute Gasteiger partial charge is 0.371 e. The maximum absolute atomic E-state index is 12.3. The first kappa shape index (κ1) is 13.2. The van der Waals surface area contributed by atoms with Crippen LogP contribution in [-0.4, -0.2) is 28.3 Å². The van der Waals surface area contributed by atoms with Gasteiger partial charge in [-0.3, -0.25) is 9.20 Å². The third-order valence-corrected chi connectivity index (χ3v) is 4.28. The maximum atomic E-state index is 12.3. The van der Waals surface area contributed by atoms with E-state index in [9.17, 15) is 4.79 Å². The number of hydrogen-bond acceptors (Lipinski definition) is 3. The fourth-order valence-electron chi connectivity index (χ4n) is 2.76. The van der Waals surface area contributed by atoms with Crippen molar-refractivity contribution in [3.8, 4) is 0 Å². The molecule has 1 fully saturated rings. The second kappa shape index (κ2) is 5.27. The van der Waals surface area contributed by atoms with Crippen LogP contribution >= 0.6 is 0 Å². The van der Waals surface area contributed by atoms with E-state index in [2.05, 4.69) is 22.0 Å². The minimum atomic E-state index is 0.0492. The number of aromatic nitrogens is 2. The van der Waals surface area contributed by atoms with Gasteiger partial charge in [-0.15, -0.1) is 0 Å². The van der Waals surface area contributed by atoms with Crippen LogP contribution in [0.25, 0.3) is 5.65 Å². The van der Waals surface area contributed by atoms with Crippen LogP contribution in [0.5, 0.6) is 0 Å². The number of carbonyl (C=O) groups excluding carboxylic acids is 1. The Morgan fingerprint density at radius 2 is 2.15 bits per heavy atom. The topological polar surface area (TPSA) is 37.6 Å². The summed E-state index contributed by atoms with van der Waals surface area (Å²) in [6.45, 7) is 6.25. The quantitative estimate of drug-likeness (QED) is 0.802. The summed E-state index contributed by atoms with van der Waals surface area (Å²) in [4.78, 5) is 19.1. The Morgan fingerprint density at radius 3 is 2.85 bits per heavy atom. The zero-order valence-corrected chi connectivity index (χ0v) is 12.2. The SMILES string of the molecule is CCC(C)C(=O)c1cnc2cc(N3CCCC3)ccn12. The second-order valence-corrected chi connectivity index (χ2v) is 5.62. The molecule has 0 aromatic carbocycles. The van der Waals surface area contributed by atoms with E-state index in [1.807, 2.05) is 24.4 Å². The van der Waals surface area contributed by atoms with E-state index in [0.717, 1.165) is 25.2 Å². The van der Waals surface area contributed by atoms with Crippen molar-refractivity contribution >= 4 is 17.1 Å². The van der Waals surface area contributed by atoms with Crippen LogP contribution in [0.3, 0.4) is 0 Å². The lowest BCUT2D eigenvalue weighted by Crippen LogP contribution is -2.18. The van der Waals surface area contributed by atoms with E-state index in [-0.39, 0.29) is 11.7 Å². The summed E-state index contributed by atoms with van der Waals surface area (Å²) >= 11 is 0. The summed E-state index contributed by atoms with van der Waals surface area (Å²) in [6, 6.07) is 4.17. The zero-order chi connectivity index (χ0) is 14.1. The molecule has 106 valence electrons. The zero-order valence-electron chi connectivity index (χ0n) is 12.2. The summed E-state index contributed by atoms with van der Waals surface area (Å²) in [6.07, 6.45) is 7.07. The second-order valence-electron chi connectivity index (χ2n) is 5.62. The number of hydrogen-bond donors (Lipinski definition) is 0. The molecule has 2 aromatic heterocycles. The molecule has 1 saturated heterocycles. The van der Waals surface area contributed by atoms with Crippen molar-refractivity contribution in [1.29, 1.82) is 0 Å². The first-order chi connectivity index (χ1) is 9.70. The van der Waals surface area contributed by atoms with E-state index in [1.165, 1.54) is 18.5 Å². The number of carbonyl (C=O) groups is 1. The molecule has 0 saturated carbocycles. The van der Waals surface area contributed by atoms with Crippen molar-refractivity contribution in [2.75, 3.05) is 18.0 Å². The molecule has 0 radical (unpaired) electrons. The molecule has 1 aliphatic heterocycles. The van der Waals surface area contributed by atoms with Crippen LogP contribution in [0, 0.1) is 5.92 Å². The van der Waals surface area contributed by atoms with Gasteiger partial charge in [0, 0.05) is 37.0 Å². The van der Waals surface area contributed by atoms with Crippen LogP contribution in [0.2, 0.25) is 0 Å². The van der Waals surface area contributed by atoms with Crippen LogP contribution < -0.4 is 4.90 Å². The van der Waals surface area contributed by atoms with Crippen LogP contribution in [0.1, 0.15) is 43.6 Å². The lowest BCUT2D eigenvalue weighted by Gasteiger charge is -2.17. The number of pyridine rings is 1. The minimum absolute atomic E-state index is 0.0492. The smallest absolute Gasteiger partial charge is 0.183 e. The molecule has 0 spiro atoms. The Bertz CT molecular complexity index is 626. The van der Waals surface area contributed by atoms with Gasteiger partial charge in [0.2, 0.25) is 0 Å². The standard InChI is InChI=1S/C16H21N3O/c1-3-12(2)16(20)14-11-17-15-10-13(6-9-19(14)15)18-7-4-5-8-18/h6,9-12H,3-5,7-8H2,1-2H3. The van der Waals surface area contributed by atoms with Crippen molar-refractivity contribution in [2.24, 2.45) is 5.92 Å². The molecule has 3 heterocycles. The van der Waals surface area contributed by atoms with Gasteiger partial charge in [0.15, 0.2) is 5.78 Å². The van der Waals surface area contributed by atoms with Gasteiger partial charge in [0.1, 0.15) is 11.3 Å². The van der Waals surface area contributed by atoms with Crippen molar-refractivity contribution in [2.45, 2.75) is 33.1 Å². The van der Waals surface area contributed by atoms with Gasteiger partial charge in [-0.2, -0.15) is 0 Å². The normalized spacial score (nSPS) is 16.8. The van der Waals surface area contributed by atoms with Crippen LogP contribution in [0.15, 0.2) is 24.5 Å². The van der Waals surface area contributed by atoms with E-state index in [1.54, 1.807) is 6.20 Å². The molecule has 0 aliphatic carbocycles. The Balaban J connectivity index is 1.95. The molecule has 0 amide bonds. The summed E-state index contributed by atoms with van der Waals surface area (Å²) < 4.78 is 1.91. The average Bonchev–Trinajstić information content (AvgIpc) is 3.13. The van der Waals surface area contributed by atoms with Crippen LogP contribution in [0.4, 0.5) is 5.69 Å². The molecule has 2 aromatic rings. The molecule has 4 nitrogen and oxygen atoms in total. The number of fused-ring (bicyclic) bond motifs is 1. The highest BCUT2D eigenvalue weighted by molar-refractivity contribution is 5.96. The molecule has 0 N–H and O–H groups in total. The number of nitrogens with zero attached hydrogens (tertiary/aromatic N) is 3. The Morgan fingerprint density at radius 1 is 1.40 bits per heavy atom. The number of Topliss-reactive ketones (excluding diaryl/α,β-unsaturated/α-hetero) is 1. The lowest BCUT2D eigenvalue weighted by atomic mass is 10.0. The molecular formula is C16H21N3O. The van der Waals surface area contributed by atoms with Gasteiger partial charge < -0.3 is 4.90 Å². The fraction of sp³-hybridized carbons (Fsp3) is 0.500. The van der Waals surface area contributed by atoms with Gasteiger partial charge in [0.05, 0.1) is 6.20 Å². The van der Waals surface area contributed by atoms with Gasteiger partial charge >= 0.3 is 0 Å². The molecule has 3 rings (SSSR count). The van der Waals surface area contributed by atoms with E-state index >= 15 is 0 Å². The first-order valence-corrected chi connectivity index (χ1v) is 7.47. The Kier molecular flexibility index (Phi) is 3.47. The van der Waals surface area contributed by atoms with E-state index < -0.39 is 0 Å². The van der Waals surface area contributed by atoms with Crippen molar-refractivity contribution in [3.63, 3.8) is 0 Å². The minimum Gasteiger partial charge on any atom is -0.371 e. The summed E-state index contributed by atoms with van der Waals surface area (Å²) in [5.74, 6) is 0.224. The van der Waals surface area contributed by atoms with Gasteiger partial charge in [-0.25, -0.2) is 4.98 Å². The fourth-order valence-corrected chi connectivity index (χ4v) is 2.76. The number of imidazole rings is 1. The Labute approximate surface area is 119 Å². The van der Waals surface area contributed by atoms with E-state index in [4.69, 9.17) is 0 Å². The van der Waals surface area contributed by atoms with Gasteiger partial charge in [0.25, 0.3) is 0 Å². The number of ketones is 1. The third-order valence-electron chi connectivity index (χ3n) is 4.28. The lowest BCUT2D eigenvalue weighted by molar-refractivity contribution is 0.0921. The summed E-state index contributed by atoms with van der Waals surface area (Å²) in [5, 5.41) is 0. The number of anilines is 1. The number of rotatable bonds is 4. The predicted octanol–water partition coefficient (Wildman–Crippen LogP) is 3.16. The summed E-state index contributed by atoms with van der Waals surface area (Å²) in [7, 11) is 0. The van der Waals surface area contributed by atoms with Gasteiger partial charge in [-0.1, -0.05) is 13.8 Å². The van der Waals surface area contributed by atoms with Crippen LogP contribution in [-0.2, 0) is 0 Å². The molecule has 4 heteroatoms. The molecule has 20 heavy (non-hydrogen) atoms. The highest BCUT2D eigenvalue weighted by Gasteiger charge is 2.19. The summed E-state index contributed by atoms with van der Waals surface area (Å²) in [5.41, 5.74) is 2.77. The Hall–Kier alpha value is -1.84. The third kappa shape index (κ3) is 2.19. The monoisotopic (exact) mass is 271 g/mol. The molecule has 1 unspecified atom stereocenters. The predicted molar refractivity (Wildman–Crippen MR) is 80.4 cm³/mol. The first-order valence-electron chi connectivity index (χ1n) is 7.47. The molecule has 1 aliphatic rings. The highest BCUT2D eigenvalue weighted by atomic mass is 16.1. The molecular weight excluding hydrogens is 250 g/mol. The highest BCUT2D eigenvalue weighted by Crippen LogP contribution is 2.22. The maximum Gasteiger partial charge on any atom is 0.183 e. The van der Waals surface area contributed by atoms with E-state index in [0.29, 0.717) is 5.69 Å².